The van der Waals surface area contributed by atoms with Gasteiger partial charge in [-0.2, -0.15) is 0 Å². The Morgan fingerprint density at radius 1 is 1.24 bits per heavy atom. The van der Waals surface area contributed by atoms with E-state index >= 15 is 0 Å². The molecule has 1 fully saturated rings. The van der Waals surface area contributed by atoms with Crippen molar-refractivity contribution in [2.45, 2.75) is 57.5 Å². The van der Waals surface area contributed by atoms with Crippen LogP contribution in [0, 0.1) is 5.92 Å². The number of nitrogens with one attached hydrogen (secondary N) is 2. The fourth-order valence-corrected chi connectivity index (χ4v) is 2.50. The summed E-state index contributed by atoms with van der Waals surface area (Å²) in [7, 11) is 3.89. The molecule has 1 aliphatic rings. The van der Waals surface area contributed by atoms with E-state index in [-0.39, 0.29) is 11.5 Å². The van der Waals surface area contributed by atoms with Crippen LogP contribution in [-0.4, -0.2) is 54.2 Å². The summed E-state index contributed by atoms with van der Waals surface area (Å²) >= 11 is 0. The van der Waals surface area contributed by atoms with Crippen LogP contribution in [0.15, 0.2) is 0 Å². The Bertz CT molecular complexity index is 363. The average molecular weight is 299 g/mol. The van der Waals surface area contributed by atoms with Gasteiger partial charge in [-0.1, -0.05) is 19.3 Å². The summed E-state index contributed by atoms with van der Waals surface area (Å²) in [5.41, 5.74) is -0.180. The van der Waals surface area contributed by atoms with Gasteiger partial charge < -0.3 is 20.6 Å². The summed E-state index contributed by atoms with van der Waals surface area (Å²) in [6, 6.07) is -1.18. The maximum atomic E-state index is 12.0. The Morgan fingerprint density at radius 3 is 2.29 bits per heavy atom. The van der Waals surface area contributed by atoms with E-state index in [0.29, 0.717) is 6.54 Å². The van der Waals surface area contributed by atoms with Gasteiger partial charge in [0.25, 0.3) is 0 Å². The van der Waals surface area contributed by atoms with Crippen LogP contribution in [-0.2, 0) is 4.79 Å². The molecule has 1 saturated carbocycles. The fourth-order valence-electron chi connectivity index (χ4n) is 2.50. The van der Waals surface area contributed by atoms with Crippen molar-refractivity contribution in [3.05, 3.63) is 0 Å². The Hall–Kier alpha value is -1.30. The predicted octanol–water partition coefficient (Wildman–Crippen LogP) is 1.66. The fraction of sp³-hybridized carbons (Fsp3) is 0.867. The van der Waals surface area contributed by atoms with Crippen molar-refractivity contribution in [3.63, 3.8) is 0 Å². The quantitative estimate of drug-likeness (QED) is 0.696. The summed E-state index contributed by atoms with van der Waals surface area (Å²) in [6.07, 6.45) is 5.00. The molecule has 2 amide bonds. The number of carboxylic acid groups (broad SMARTS) is 1. The standard InChI is InChI=1S/C15H29N3O3/c1-15(2,18(3)4)10-16-14(21)17-12(13(19)20)11-8-6-5-7-9-11/h11-12H,5-10H2,1-4H3,(H,19,20)(H2,16,17,21). The van der Waals surface area contributed by atoms with Crippen molar-refractivity contribution < 1.29 is 14.7 Å². The molecule has 1 rings (SSSR count). The number of nitrogens with zero attached hydrogens (tertiary/aromatic N) is 1. The van der Waals surface area contributed by atoms with Crippen LogP contribution >= 0.6 is 0 Å². The zero-order valence-electron chi connectivity index (χ0n) is 13.6. The Morgan fingerprint density at radius 2 is 1.81 bits per heavy atom. The Balaban J connectivity index is 2.51. The third-order valence-electron chi connectivity index (χ3n) is 4.57. The number of carboxylic acids is 1. The van der Waals surface area contributed by atoms with E-state index in [1.807, 2.05) is 32.8 Å². The van der Waals surface area contributed by atoms with Gasteiger partial charge in [-0.3, -0.25) is 0 Å². The molecular weight excluding hydrogens is 270 g/mol. The molecule has 0 saturated heterocycles. The number of likely N-dealkylation sites (N-methyl/N-ethyl adjacent to an activating group) is 1. The third-order valence-corrected chi connectivity index (χ3v) is 4.57. The Labute approximate surface area is 127 Å². The van der Waals surface area contributed by atoms with Crippen molar-refractivity contribution in [1.82, 2.24) is 15.5 Å². The van der Waals surface area contributed by atoms with Gasteiger partial charge in [-0.25, -0.2) is 9.59 Å². The molecule has 0 radical (unpaired) electrons. The molecule has 0 spiro atoms. The molecule has 0 aromatic rings. The largest absolute Gasteiger partial charge is 0.480 e. The molecule has 0 aliphatic heterocycles. The normalized spacial score (nSPS) is 18.3. The molecule has 0 aromatic heterocycles. The van der Waals surface area contributed by atoms with Crippen molar-refractivity contribution in [3.8, 4) is 0 Å². The van der Waals surface area contributed by atoms with Gasteiger partial charge in [-0.15, -0.1) is 0 Å². The molecule has 3 N–H and O–H groups in total. The van der Waals surface area contributed by atoms with E-state index in [2.05, 4.69) is 10.6 Å². The van der Waals surface area contributed by atoms with Crippen molar-refractivity contribution in [2.24, 2.45) is 5.92 Å². The lowest BCUT2D eigenvalue weighted by atomic mass is 9.84. The molecule has 1 aliphatic carbocycles. The molecule has 1 unspecified atom stereocenters. The highest BCUT2D eigenvalue weighted by atomic mass is 16.4. The minimum absolute atomic E-state index is 0.0452. The predicted molar refractivity (Wildman–Crippen MR) is 82.3 cm³/mol. The minimum atomic E-state index is -0.941. The zero-order chi connectivity index (χ0) is 16.0. The molecule has 0 aromatic carbocycles. The summed E-state index contributed by atoms with van der Waals surface area (Å²) in [4.78, 5) is 25.4. The third kappa shape index (κ3) is 5.53. The van der Waals surface area contributed by atoms with E-state index in [4.69, 9.17) is 0 Å². The van der Waals surface area contributed by atoms with Gasteiger partial charge in [0.2, 0.25) is 0 Å². The van der Waals surface area contributed by atoms with Crippen LogP contribution in [0.2, 0.25) is 0 Å². The molecule has 6 heteroatoms. The number of hydrogen-bond acceptors (Lipinski definition) is 3. The van der Waals surface area contributed by atoms with Crippen molar-refractivity contribution >= 4 is 12.0 Å². The molecule has 122 valence electrons. The minimum Gasteiger partial charge on any atom is -0.480 e. The topological polar surface area (TPSA) is 81.7 Å². The highest BCUT2D eigenvalue weighted by Crippen LogP contribution is 2.26. The summed E-state index contributed by atoms with van der Waals surface area (Å²) in [5.74, 6) is -0.896. The van der Waals surface area contributed by atoms with Crippen molar-refractivity contribution in [1.29, 1.82) is 0 Å². The highest BCUT2D eigenvalue weighted by Gasteiger charge is 2.31. The van der Waals surface area contributed by atoms with Crippen LogP contribution in [0.25, 0.3) is 0 Å². The summed E-state index contributed by atoms with van der Waals surface area (Å²) < 4.78 is 0. The molecule has 0 heterocycles. The van der Waals surface area contributed by atoms with Crippen LogP contribution in [0.4, 0.5) is 4.79 Å². The number of aliphatic carboxylic acids is 1. The van der Waals surface area contributed by atoms with Gasteiger partial charge in [0, 0.05) is 12.1 Å². The monoisotopic (exact) mass is 299 g/mol. The number of amides is 2. The van der Waals surface area contributed by atoms with E-state index < -0.39 is 18.0 Å². The molecule has 21 heavy (non-hydrogen) atoms. The average Bonchev–Trinajstić information content (AvgIpc) is 2.43. The maximum absolute atomic E-state index is 12.0. The molecule has 1 atom stereocenters. The smallest absolute Gasteiger partial charge is 0.326 e. The summed E-state index contributed by atoms with van der Waals surface area (Å²) in [6.45, 7) is 4.50. The van der Waals surface area contributed by atoms with Gasteiger partial charge >= 0.3 is 12.0 Å². The van der Waals surface area contributed by atoms with E-state index in [9.17, 15) is 14.7 Å². The van der Waals surface area contributed by atoms with Gasteiger partial charge in [0.15, 0.2) is 0 Å². The van der Waals surface area contributed by atoms with Gasteiger partial charge in [0.1, 0.15) is 6.04 Å². The second-order valence-electron chi connectivity index (χ2n) is 6.75. The first-order valence-electron chi connectivity index (χ1n) is 7.68. The maximum Gasteiger partial charge on any atom is 0.326 e. The van der Waals surface area contributed by atoms with Gasteiger partial charge in [-0.05, 0) is 46.7 Å². The number of hydrogen-bond donors (Lipinski definition) is 3. The first-order valence-corrected chi connectivity index (χ1v) is 7.68. The number of carbonyl (C=O) groups is 2. The second-order valence-corrected chi connectivity index (χ2v) is 6.75. The van der Waals surface area contributed by atoms with E-state index in [1.54, 1.807) is 0 Å². The van der Waals surface area contributed by atoms with E-state index in [0.717, 1.165) is 32.1 Å². The summed E-state index contributed by atoms with van der Waals surface area (Å²) in [5, 5.41) is 14.7. The van der Waals surface area contributed by atoms with Gasteiger partial charge in [0.05, 0.1) is 0 Å². The molecular formula is C15H29N3O3. The Kier molecular flexibility index (Phi) is 6.45. The lowest BCUT2D eigenvalue weighted by Crippen LogP contribution is -2.54. The van der Waals surface area contributed by atoms with Crippen LogP contribution in [0.1, 0.15) is 46.0 Å². The van der Waals surface area contributed by atoms with Crippen LogP contribution in [0.3, 0.4) is 0 Å². The number of urea groups is 1. The zero-order valence-corrected chi connectivity index (χ0v) is 13.6. The van der Waals surface area contributed by atoms with Crippen LogP contribution in [0.5, 0.6) is 0 Å². The number of rotatable bonds is 6. The lowest BCUT2D eigenvalue weighted by Gasteiger charge is -2.33. The lowest BCUT2D eigenvalue weighted by molar-refractivity contribution is -0.141. The number of carbonyl (C=O) groups excluding carboxylic acids is 1. The van der Waals surface area contributed by atoms with Crippen molar-refractivity contribution in [2.75, 3.05) is 20.6 Å². The molecule has 6 nitrogen and oxygen atoms in total. The second kappa shape index (κ2) is 7.64. The SMILES string of the molecule is CN(C)C(C)(C)CNC(=O)NC(C(=O)O)C1CCCCC1. The van der Waals surface area contributed by atoms with E-state index in [1.165, 1.54) is 0 Å². The highest BCUT2D eigenvalue weighted by molar-refractivity contribution is 5.82. The first-order chi connectivity index (χ1) is 9.74. The van der Waals surface area contributed by atoms with Crippen LogP contribution < -0.4 is 10.6 Å². The molecule has 0 bridgehead atoms. The first kappa shape index (κ1) is 17.8.